The molecule has 0 aliphatic rings. The molecule has 0 radical (unpaired) electrons. The molecule has 10 nitrogen and oxygen atoms in total. The number of thiol groups is 1. The first-order valence-corrected chi connectivity index (χ1v) is 6.01. The van der Waals surface area contributed by atoms with E-state index in [2.05, 4.69) is 17.2 Å². The summed E-state index contributed by atoms with van der Waals surface area (Å²) >= 11 is 3.65. The molecule has 0 aromatic heterocycles. The van der Waals surface area contributed by atoms with Gasteiger partial charge >= 0.3 is 0 Å². The fourth-order valence-corrected chi connectivity index (χ4v) is 1.49. The Labute approximate surface area is 109 Å². The van der Waals surface area contributed by atoms with Crippen molar-refractivity contribution in [3.05, 3.63) is 0 Å². The molecule has 11 N–H and O–H groups in total. The smallest absolute Gasteiger partial charge is 0.151 e. The van der Waals surface area contributed by atoms with Gasteiger partial charge in [-0.3, -0.25) is 0 Å². The fourth-order valence-electron chi connectivity index (χ4n) is 0.776. The number of aldehydes is 1. The summed E-state index contributed by atoms with van der Waals surface area (Å²) in [5, 5.41) is 26.0. The van der Waals surface area contributed by atoms with E-state index in [1.165, 1.54) is 0 Å². The predicted octanol–water partition coefficient (Wildman–Crippen LogP) is -2.84. The van der Waals surface area contributed by atoms with Gasteiger partial charge in [0.25, 0.3) is 0 Å². The SMILES string of the molecule is O=C[C@H](O)[C@@H](O)[C@H](O)[C@H](S)COP(=O)([O-])[O-].[NH4+].[NH4+]. The summed E-state index contributed by atoms with van der Waals surface area (Å²) in [6, 6.07) is 0. The first kappa shape index (κ1) is 23.1. The van der Waals surface area contributed by atoms with E-state index in [4.69, 9.17) is 10.2 Å². The van der Waals surface area contributed by atoms with Crippen LogP contribution in [0.1, 0.15) is 0 Å². The average molecular weight is 310 g/mol. The van der Waals surface area contributed by atoms with E-state index in [1.807, 2.05) is 0 Å². The summed E-state index contributed by atoms with van der Waals surface area (Å²) in [6.45, 7) is -0.781. The van der Waals surface area contributed by atoms with Crippen molar-refractivity contribution in [2.75, 3.05) is 6.61 Å². The highest BCUT2D eigenvalue weighted by Gasteiger charge is 2.29. The van der Waals surface area contributed by atoms with Crippen molar-refractivity contribution in [3.8, 4) is 0 Å². The van der Waals surface area contributed by atoms with Gasteiger partial charge in [0.2, 0.25) is 0 Å². The number of hydrogen-bond acceptors (Lipinski definition) is 9. The summed E-state index contributed by atoms with van der Waals surface area (Å²) in [7, 11) is -5.19. The third-order valence-electron chi connectivity index (χ3n) is 1.64. The standard InChI is InChI=1S/C6H13O8PS.2H3N/c7-1-3(8)5(9)6(10)4(16)2-14-15(11,12)13;;/h1,3-6,8-10,16H,2H2,(H2,11,12,13);2*1H3/t3-,4+,5+,6+;;/m0../s1. The van der Waals surface area contributed by atoms with E-state index in [0.717, 1.165) is 0 Å². The van der Waals surface area contributed by atoms with Crippen LogP contribution in [0, 0.1) is 0 Å². The summed E-state index contributed by atoms with van der Waals surface area (Å²) in [5.41, 5.74) is 0. The molecule has 0 heterocycles. The molecule has 12 heteroatoms. The highest BCUT2D eigenvalue weighted by atomic mass is 32.1. The van der Waals surface area contributed by atoms with Gasteiger partial charge in [0.1, 0.15) is 12.2 Å². The Morgan fingerprint density at radius 1 is 1.22 bits per heavy atom. The molecule has 0 amide bonds. The number of phosphoric ester groups is 1. The first-order chi connectivity index (χ1) is 7.19. The molecular formula is C6H19N2O8PS. The van der Waals surface area contributed by atoms with E-state index in [1.54, 1.807) is 0 Å². The summed E-state index contributed by atoms with van der Waals surface area (Å²) < 4.78 is 13.9. The Morgan fingerprint density at radius 2 is 1.67 bits per heavy atom. The van der Waals surface area contributed by atoms with Crippen molar-refractivity contribution < 1.29 is 39.0 Å². The van der Waals surface area contributed by atoms with Gasteiger partial charge in [-0.1, -0.05) is 0 Å². The van der Waals surface area contributed by atoms with Crippen molar-refractivity contribution in [2.45, 2.75) is 23.6 Å². The lowest BCUT2D eigenvalue weighted by Crippen LogP contribution is -2.44. The van der Waals surface area contributed by atoms with Crippen LogP contribution in [0.3, 0.4) is 0 Å². The van der Waals surface area contributed by atoms with Crippen molar-refractivity contribution in [1.29, 1.82) is 0 Å². The highest BCUT2D eigenvalue weighted by molar-refractivity contribution is 7.81. The van der Waals surface area contributed by atoms with Gasteiger partial charge in [0.05, 0.1) is 25.8 Å². The number of rotatable bonds is 7. The Morgan fingerprint density at radius 3 is 2.00 bits per heavy atom. The molecule has 0 bridgehead atoms. The molecule has 0 aromatic carbocycles. The van der Waals surface area contributed by atoms with Crippen molar-refractivity contribution in [3.63, 3.8) is 0 Å². The minimum Gasteiger partial charge on any atom is -0.790 e. The third-order valence-corrected chi connectivity index (χ3v) is 2.56. The quantitative estimate of drug-likeness (QED) is 0.163. The molecule has 0 unspecified atom stereocenters. The van der Waals surface area contributed by atoms with E-state index >= 15 is 0 Å². The molecule has 112 valence electrons. The molecule has 0 spiro atoms. The molecule has 0 saturated heterocycles. The normalized spacial score (nSPS) is 17.7. The van der Waals surface area contributed by atoms with Gasteiger partial charge in [-0.05, 0) is 0 Å². The highest BCUT2D eigenvalue weighted by Crippen LogP contribution is 2.26. The molecule has 0 aromatic rings. The second kappa shape index (κ2) is 9.81. The van der Waals surface area contributed by atoms with Gasteiger partial charge in [-0.2, -0.15) is 12.6 Å². The van der Waals surface area contributed by atoms with Crippen LogP contribution in [0.15, 0.2) is 0 Å². The third kappa shape index (κ3) is 8.94. The number of aliphatic hydroxyl groups is 3. The lowest BCUT2D eigenvalue weighted by atomic mass is 10.1. The first-order valence-electron chi connectivity index (χ1n) is 4.03. The largest absolute Gasteiger partial charge is 0.790 e. The molecule has 0 aliphatic heterocycles. The van der Waals surface area contributed by atoms with Crippen LogP contribution in [0.5, 0.6) is 0 Å². The fraction of sp³-hybridized carbons (Fsp3) is 0.833. The molecule has 0 aliphatic carbocycles. The van der Waals surface area contributed by atoms with Crippen LogP contribution in [-0.4, -0.2) is 51.8 Å². The zero-order valence-electron chi connectivity index (χ0n) is 9.87. The average Bonchev–Trinajstić information content (AvgIpc) is 2.21. The Bertz CT molecular complexity index is 276. The van der Waals surface area contributed by atoms with Crippen LogP contribution in [0.25, 0.3) is 0 Å². The molecular weight excluding hydrogens is 291 g/mol. The number of aliphatic hydroxyl groups excluding tert-OH is 3. The molecule has 4 atom stereocenters. The number of carbonyl (C=O) groups excluding carboxylic acids is 1. The van der Waals surface area contributed by atoms with E-state index in [9.17, 15) is 24.3 Å². The van der Waals surface area contributed by atoms with Gasteiger partial charge in [-0.15, -0.1) is 0 Å². The Kier molecular flexibility index (Phi) is 12.6. The lowest BCUT2D eigenvalue weighted by Gasteiger charge is -2.31. The molecule has 0 fully saturated rings. The minimum absolute atomic E-state index is 0. The second-order valence-electron chi connectivity index (χ2n) is 2.92. The zero-order chi connectivity index (χ0) is 12.9. The van der Waals surface area contributed by atoms with Crippen molar-refractivity contribution >= 4 is 26.7 Å². The van der Waals surface area contributed by atoms with Gasteiger partial charge in [0.15, 0.2) is 6.29 Å². The monoisotopic (exact) mass is 310 g/mol. The van der Waals surface area contributed by atoms with Crippen LogP contribution in [-0.2, 0) is 13.9 Å². The zero-order valence-corrected chi connectivity index (χ0v) is 11.7. The van der Waals surface area contributed by atoms with Crippen LogP contribution < -0.4 is 22.1 Å². The van der Waals surface area contributed by atoms with Crippen LogP contribution in [0.4, 0.5) is 0 Å². The van der Waals surface area contributed by atoms with Gasteiger partial charge < -0.3 is 51.3 Å². The maximum absolute atomic E-state index is 10.1. The van der Waals surface area contributed by atoms with E-state index < -0.39 is 38.0 Å². The number of hydrogen-bond donors (Lipinski definition) is 6. The van der Waals surface area contributed by atoms with E-state index in [-0.39, 0.29) is 18.6 Å². The predicted molar refractivity (Wildman–Crippen MR) is 62.4 cm³/mol. The number of carbonyl (C=O) groups is 1. The maximum atomic E-state index is 10.1. The summed E-state index contributed by atoms with van der Waals surface area (Å²) in [4.78, 5) is 30.2. The maximum Gasteiger partial charge on any atom is 0.151 e. The van der Waals surface area contributed by atoms with Crippen LogP contribution >= 0.6 is 20.5 Å². The Balaban J connectivity index is -0.00000112. The summed E-state index contributed by atoms with van der Waals surface area (Å²) in [6.07, 6.45) is -5.42. The number of quaternary nitrogens is 2. The van der Waals surface area contributed by atoms with Crippen molar-refractivity contribution in [2.24, 2.45) is 0 Å². The van der Waals surface area contributed by atoms with Gasteiger partial charge in [0, 0.05) is 0 Å². The second-order valence-corrected chi connectivity index (χ2v) is 4.73. The summed E-state index contributed by atoms with van der Waals surface area (Å²) in [5.74, 6) is 0. The van der Waals surface area contributed by atoms with E-state index in [0.29, 0.717) is 0 Å². The molecule has 18 heavy (non-hydrogen) atoms. The van der Waals surface area contributed by atoms with Crippen molar-refractivity contribution in [1.82, 2.24) is 12.3 Å². The lowest BCUT2D eigenvalue weighted by molar-refractivity contribution is -0.341. The Hall–Kier alpha value is -0.0700. The minimum atomic E-state index is -5.19. The van der Waals surface area contributed by atoms with Crippen LogP contribution in [0.2, 0.25) is 0 Å². The molecule has 0 rings (SSSR count). The topological polar surface area (TPSA) is 223 Å². The molecule has 0 saturated carbocycles. The van der Waals surface area contributed by atoms with Gasteiger partial charge in [-0.25, -0.2) is 0 Å². The number of phosphoric acid groups is 1.